The van der Waals surface area contributed by atoms with Crippen LogP contribution in [-0.4, -0.2) is 49.8 Å². The quantitative estimate of drug-likeness (QED) is 0.681. The fraction of sp³-hybridized carbons (Fsp3) is 0.381. The number of aromatic nitrogens is 2. The number of nitrogens with two attached hydrogens (primary N) is 1. The summed E-state index contributed by atoms with van der Waals surface area (Å²) in [6, 6.07) is 10.3. The van der Waals surface area contributed by atoms with Crippen LogP contribution in [0.4, 0.5) is 0 Å². The van der Waals surface area contributed by atoms with Gasteiger partial charge in [0, 0.05) is 11.8 Å². The number of ether oxygens (including phenoxy) is 2. The fourth-order valence-corrected chi connectivity index (χ4v) is 3.93. The molecule has 1 aliphatic rings. The van der Waals surface area contributed by atoms with Crippen molar-refractivity contribution in [1.82, 2.24) is 9.38 Å². The Morgan fingerprint density at radius 2 is 1.89 bits per heavy atom. The maximum Gasteiger partial charge on any atom is 0.161 e. The van der Waals surface area contributed by atoms with Crippen LogP contribution >= 0.6 is 0 Å². The fourth-order valence-electron chi connectivity index (χ4n) is 3.93. The monoisotopic (exact) mass is 368 g/mol. The van der Waals surface area contributed by atoms with Crippen molar-refractivity contribution in [2.24, 2.45) is 0 Å². The average Bonchev–Trinajstić information content (AvgIpc) is 3.08. The molecular weight excluding hydrogens is 340 g/mol. The molecule has 2 aromatic heterocycles. The van der Waals surface area contributed by atoms with Crippen LogP contribution < -0.4 is 19.7 Å². The van der Waals surface area contributed by atoms with Gasteiger partial charge < -0.3 is 19.7 Å². The Balaban J connectivity index is 1.83. The van der Waals surface area contributed by atoms with Crippen molar-refractivity contribution in [2.45, 2.75) is 13.5 Å². The lowest BCUT2D eigenvalue weighted by Gasteiger charge is -2.22. The number of aryl methyl sites for hydroxylation is 1. The number of benzene rings is 1. The van der Waals surface area contributed by atoms with Crippen molar-refractivity contribution < 1.29 is 19.7 Å². The van der Waals surface area contributed by atoms with Crippen molar-refractivity contribution in [3.05, 3.63) is 47.8 Å². The van der Waals surface area contributed by atoms with Crippen LogP contribution in [0.5, 0.6) is 11.5 Å². The minimum atomic E-state index is 0.731. The first-order valence-electron chi connectivity index (χ1n) is 9.55. The van der Waals surface area contributed by atoms with Crippen LogP contribution in [-0.2, 0) is 6.54 Å². The summed E-state index contributed by atoms with van der Waals surface area (Å²) in [4.78, 5) is 6.64. The molecule has 0 aliphatic carbocycles. The molecule has 1 saturated heterocycles. The highest BCUT2D eigenvalue weighted by molar-refractivity contribution is 5.70. The molecule has 1 fully saturated rings. The van der Waals surface area contributed by atoms with E-state index >= 15 is 0 Å². The van der Waals surface area contributed by atoms with E-state index in [1.807, 2.05) is 12.1 Å². The second kappa shape index (κ2) is 7.58. The summed E-state index contributed by atoms with van der Waals surface area (Å²) in [5.74, 6) is 1.47. The molecule has 6 heteroatoms. The van der Waals surface area contributed by atoms with Crippen LogP contribution in [0, 0.1) is 6.92 Å². The second-order valence-electron chi connectivity index (χ2n) is 7.15. The maximum atomic E-state index is 5.52. The summed E-state index contributed by atoms with van der Waals surface area (Å²) in [6.45, 7) is 7.85. The number of nitrogens with one attached hydrogen (secondary N) is 1. The van der Waals surface area contributed by atoms with Gasteiger partial charge in [-0.1, -0.05) is 6.07 Å². The van der Waals surface area contributed by atoms with E-state index in [2.05, 4.69) is 41.0 Å². The van der Waals surface area contributed by atoms with Crippen molar-refractivity contribution in [3.63, 3.8) is 0 Å². The van der Waals surface area contributed by atoms with Crippen LogP contribution in [0.2, 0.25) is 0 Å². The third-order valence-electron chi connectivity index (χ3n) is 5.42. The first kappa shape index (κ1) is 17.8. The smallest absolute Gasteiger partial charge is 0.161 e. The average molecular weight is 368 g/mol. The van der Waals surface area contributed by atoms with E-state index in [-0.39, 0.29) is 0 Å². The Hall–Kier alpha value is -2.57. The molecule has 1 aliphatic heterocycles. The lowest BCUT2D eigenvalue weighted by Crippen LogP contribution is -3.19. The van der Waals surface area contributed by atoms with Gasteiger partial charge >= 0.3 is 0 Å². The molecular formula is C21H28N4O2+2. The van der Waals surface area contributed by atoms with E-state index in [9.17, 15) is 0 Å². The largest absolute Gasteiger partial charge is 0.493 e. The van der Waals surface area contributed by atoms with E-state index in [0.29, 0.717) is 0 Å². The van der Waals surface area contributed by atoms with Crippen LogP contribution in [0.1, 0.15) is 11.3 Å². The lowest BCUT2D eigenvalue weighted by atomic mass is 10.1. The zero-order valence-electron chi connectivity index (χ0n) is 16.3. The molecule has 0 unspecified atom stereocenters. The van der Waals surface area contributed by atoms with E-state index in [1.165, 1.54) is 37.4 Å². The molecule has 0 bridgehead atoms. The summed E-state index contributed by atoms with van der Waals surface area (Å²) < 4.78 is 13.2. The topological polar surface area (TPSA) is 56.8 Å². The minimum Gasteiger partial charge on any atom is -0.493 e. The second-order valence-corrected chi connectivity index (χ2v) is 7.15. The third kappa shape index (κ3) is 3.38. The molecule has 27 heavy (non-hydrogen) atoms. The Labute approximate surface area is 159 Å². The molecule has 0 spiro atoms. The standard InChI is InChI=1S/C21H26N4O2/c1-15-5-4-10-25-17(14-24-11-8-22-9-12-24)20(23-21(15)25)16-6-7-18(26-2)19(13-16)27-3/h4-7,10,13,22H,8-9,11-12,14H2,1-3H3/p+2. The number of fused-ring (bicyclic) bond motifs is 1. The summed E-state index contributed by atoms with van der Waals surface area (Å²) in [7, 11) is 3.33. The highest BCUT2D eigenvalue weighted by Crippen LogP contribution is 2.33. The van der Waals surface area contributed by atoms with E-state index < -0.39 is 0 Å². The molecule has 0 saturated carbocycles. The van der Waals surface area contributed by atoms with Gasteiger partial charge in [0.25, 0.3) is 0 Å². The Kier molecular flexibility index (Phi) is 5.01. The zero-order chi connectivity index (χ0) is 18.8. The Morgan fingerprint density at radius 3 is 2.63 bits per heavy atom. The van der Waals surface area contributed by atoms with Gasteiger partial charge in [-0.3, -0.25) is 4.40 Å². The van der Waals surface area contributed by atoms with Gasteiger partial charge in [-0.2, -0.15) is 0 Å². The zero-order valence-corrected chi connectivity index (χ0v) is 16.3. The van der Waals surface area contributed by atoms with Gasteiger partial charge in [-0.15, -0.1) is 0 Å². The van der Waals surface area contributed by atoms with Gasteiger partial charge in [0.1, 0.15) is 44.1 Å². The molecule has 1 aromatic carbocycles. The van der Waals surface area contributed by atoms with E-state index in [1.54, 1.807) is 19.1 Å². The van der Waals surface area contributed by atoms with Gasteiger partial charge in [0.05, 0.1) is 19.9 Å². The van der Waals surface area contributed by atoms with Crippen LogP contribution in [0.25, 0.3) is 16.9 Å². The highest BCUT2D eigenvalue weighted by Gasteiger charge is 2.23. The number of hydrogen-bond donors (Lipinski definition) is 2. The number of imidazole rings is 1. The first-order valence-corrected chi connectivity index (χ1v) is 9.55. The number of nitrogens with zero attached hydrogens (tertiary/aromatic N) is 2. The maximum absolute atomic E-state index is 5.52. The van der Waals surface area contributed by atoms with Gasteiger partial charge in [-0.05, 0) is 36.8 Å². The highest BCUT2D eigenvalue weighted by atomic mass is 16.5. The predicted octanol–water partition coefficient (Wildman–Crippen LogP) is 0.289. The molecule has 3 aromatic rings. The lowest BCUT2D eigenvalue weighted by molar-refractivity contribution is -0.958. The minimum absolute atomic E-state index is 0.731. The molecule has 0 radical (unpaired) electrons. The molecule has 3 heterocycles. The van der Waals surface area contributed by atoms with Crippen molar-refractivity contribution in [1.29, 1.82) is 0 Å². The third-order valence-corrected chi connectivity index (χ3v) is 5.42. The Morgan fingerprint density at radius 1 is 1.11 bits per heavy atom. The molecule has 3 N–H and O–H groups in total. The van der Waals surface area contributed by atoms with Gasteiger partial charge in [0.15, 0.2) is 11.5 Å². The van der Waals surface area contributed by atoms with Gasteiger partial charge in [-0.25, -0.2) is 4.98 Å². The summed E-state index contributed by atoms with van der Waals surface area (Å²) in [5.41, 5.74) is 5.58. The van der Waals surface area contributed by atoms with Crippen molar-refractivity contribution >= 4 is 5.65 Å². The van der Waals surface area contributed by atoms with Crippen LogP contribution in [0.15, 0.2) is 36.5 Å². The first-order chi connectivity index (χ1) is 13.2. The SMILES string of the molecule is COc1ccc(-c2nc3c(C)cccn3c2C[NH+]2CC[NH2+]CC2)cc1OC. The number of hydrogen-bond acceptors (Lipinski definition) is 3. The number of rotatable bonds is 5. The number of quaternary nitrogens is 2. The molecule has 0 atom stereocenters. The van der Waals surface area contributed by atoms with Crippen molar-refractivity contribution in [3.8, 4) is 22.8 Å². The van der Waals surface area contributed by atoms with E-state index in [4.69, 9.17) is 14.5 Å². The molecule has 0 amide bonds. The summed E-state index contributed by atoms with van der Waals surface area (Å²) in [6.07, 6.45) is 2.13. The number of methoxy groups -OCH3 is 2. The van der Waals surface area contributed by atoms with Gasteiger partial charge in [0.2, 0.25) is 0 Å². The molecule has 6 nitrogen and oxygen atoms in total. The summed E-state index contributed by atoms with van der Waals surface area (Å²) in [5, 5.41) is 2.40. The Bertz CT molecular complexity index is 945. The van der Waals surface area contributed by atoms with E-state index in [0.717, 1.165) is 34.9 Å². The van der Waals surface area contributed by atoms with Crippen LogP contribution in [0.3, 0.4) is 0 Å². The summed E-state index contributed by atoms with van der Waals surface area (Å²) >= 11 is 0. The molecule has 4 rings (SSSR count). The predicted molar refractivity (Wildman–Crippen MR) is 105 cm³/mol. The van der Waals surface area contributed by atoms with Crippen molar-refractivity contribution in [2.75, 3.05) is 40.4 Å². The number of piperazine rings is 1. The molecule has 142 valence electrons. The number of pyridine rings is 1. The normalized spacial score (nSPS) is 15.2.